The first-order valence-corrected chi connectivity index (χ1v) is 6.87. The highest BCUT2D eigenvalue weighted by Gasteiger charge is 2.35. The smallest absolute Gasteiger partial charge is 0.240 e. The van der Waals surface area contributed by atoms with Crippen LogP contribution in [0.1, 0.15) is 45.3 Å². The normalized spacial score (nSPS) is 24.3. The summed E-state index contributed by atoms with van der Waals surface area (Å²) in [6.07, 6.45) is 2.30. The minimum Gasteiger partial charge on any atom is -0.338 e. The van der Waals surface area contributed by atoms with Gasteiger partial charge in [-0.05, 0) is 26.7 Å². The van der Waals surface area contributed by atoms with E-state index in [-0.39, 0.29) is 5.54 Å². The molecule has 0 aromatic carbocycles. The zero-order chi connectivity index (χ0) is 13.2. The van der Waals surface area contributed by atoms with Crippen LogP contribution in [0.25, 0.3) is 0 Å². The van der Waals surface area contributed by atoms with Crippen molar-refractivity contribution in [2.24, 2.45) is 0 Å². The second kappa shape index (κ2) is 5.36. The molecule has 1 aliphatic heterocycles. The van der Waals surface area contributed by atoms with Crippen LogP contribution in [0.3, 0.4) is 0 Å². The van der Waals surface area contributed by atoms with Crippen molar-refractivity contribution >= 4 is 0 Å². The van der Waals surface area contributed by atoms with E-state index in [2.05, 4.69) is 41.1 Å². The van der Waals surface area contributed by atoms with E-state index in [0.29, 0.717) is 11.9 Å². The summed E-state index contributed by atoms with van der Waals surface area (Å²) < 4.78 is 5.23. The highest BCUT2D eigenvalue weighted by atomic mass is 16.5. The Morgan fingerprint density at radius 1 is 1.44 bits per heavy atom. The average Bonchev–Trinajstić information content (AvgIpc) is 2.78. The molecule has 0 aliphatic carbocycles. The Bertz CT molecular complexity index is 386. The highest BCUT2D eigenvalue weighted by Crippen LogP contribution is 2.23. The summed E-state index contributed by atoms with van der Waals surface area (Å²) in [7, 11) is 0. The zero-order valence-corrected chi connectivity index (χ0v) is 11.9. The van der Waals surface area contributed by atoms with Gasteiger partial charge in [-0.3, -0.25) is 4.90 Å². The van der Waals surface area contributed by atoms with E-state index in [1.165, 1.54) is 0 Å². The summed E-state index contributed by atoms with van der Waals surface area (Å²) in [5, 5.41) is 7.55. The molecule has 1 aromatic heterocycles. The fourth-order valence-electron chi connectivity index (χ4n) is 2.61. The number of nitrogens with one attached hydrogen (secondary N) is 1. The molecular weight excluding hydrogens is 228 g/mol. The first kappa shape index (κ1) is 13.5. The van der Waals surface area contributed by atoms with Crippen LogP contribution in [0.4, 0.5) is 0 Å². The fraction of sp³-hybridized carbons (Fsp3) is 0.846. The van der Waals surface area contributed by atoms with Gasteiger partial charge in [0.25, 0.3) is 0 Å². The molecule has 5 heteroatoms. The lowest BCUT2D eigenvalue weighted by Crippen LogP contribution is -2.62. The molecule has 0 saturated carbocycles. The van der Waals surface area contributed by atoms with E-state index in [9.17, 15) is 0 Å². The fourth-order valence-corrected chi connectivity index (χ4v) is 2.61. The third-order valence-electron chi connectivity index (χ3n) is 4.16. The number of rotatable bonds is 4. The van der Waals surface area contributed by atoms with E-state index in [1.54, 1.807) is 0 Å². The van der Waals surface area contributed by atoms with Crippen molar-refractivity contribution in [1.82, 2.24) is 20.4 Å². The van der Waals surface area contributed by atoms with Gasteiger partial charge in [0.05, 0.1) is 6.54 Å². The molecule has 0 radical (unpaired) electrons. The first-order chi connectivity index (χ1) is 8.58. The Hall–Kier alpha value is -0.940. The molecule has 1 aromatic rings. The van der Waals surface area contributed by atoms with E-state index in [1.807, 2.05) is 6.92 Å². The topological polar surface area (TPSA) is 54.2 Å². The number of hydrogen-bond acceptors (Lipinski definition) is 5. The summed E-state index contributed by atoms with van der Waals surface area (Å²) in [6, 6.07) is 0.503. The molecule has 102 valence electrons. The molecule has 2 rings (SSSR count). The number of hydrogen-bond donors (Lipinski definition) is 1. The Balaban J connectivity index is 2.05. The van der Waals surface area contributed by atoms with E-state index >= 15 is 0 Å². The maximum atomic E-state index is 5.23. The van der Waals surface area contributed by atoms with Crippen molar-refractivity contribution in [2.75, 3.05) is 13.1 Å². The lowest BCUT2D eigenvalue weighted by Gasteiger charge is -2.46. The summed E-state index contributed by atoms with van der Waals surface area (Å²) >= 11 is 0. The number of nitrogens with zero attached hydrogens (tertiary/aromatic N) is 3. The maximum Gasteiger partial charge on any atom is 0.240 e. The molecule has 0 bridgehead atoms. The van der Waals surface area contributed by atoms with Gasteiger partial charge in [0.2, 0.25) is 5.89 Å². The van der Waals surface area contributed by atoms with Crippen molar-refractivity contribution in [1.29, 1.82) is 0 Å². The molecule has 1 N–H and O–H groups in total. The minimum absolute atomic E-state index is 0.238. The van der Waals surface area contributed by atoms with Crippen molar-refractivity contribution in [3.05, 3.63) is 11.7 Å². The quantitative estimate of drug-likeness (QED) is 0.884. The number of aromatic nitrogens is 2. The molecule has 1 aliphatic rings. The van der Waals surface area contributed by atoms with Gasteiger partial charge in [0, 0.05) is 24.7 Å². The molecule has 0 amide bonds. The SMILES string of the molecule is CCC1(CC)CN(Cc2nc(C)no2)C(C)CN1. The lowest BCUT2D eigenvalue weighted by atomic mass is 9.89. The van der Waals surface area contributed by atoms with Gasteiger partial charge in [0.15, 0.2) is 5.82 Å². The summed E-state index contributed by atoms with van der Waals surface area (Å²) in [4.78, 5) is 6.74. The van der Waals surface area contributed by atoms with Gasteiger partial charge in [-0.25, -0.2) is 0 Å². The molecule has 2 heterocycles. The second-order valence-electron chi connectivity index (χ2n) is 5.36. The minimum atomic E-state index is 0.238. The average molecular weight is 252 g/mol. The monoisotopic (exact) mass is 252 g/mol. The van der Waals surface area contributed by atoms with Crippen LogP contribution >= 0.6 is 0 Å². The third kappa shape index (κ3) is 2.72. The van der Waals surface area contributed by atoms with Crippen LogP contribution in [-0.4, -0.2) is 39.7 Å². The van der Waals surface area contributed by atoms with E-state index in [4.69, 9.17) is 4.52 Å². The number of piperazine rings is 1. The van der Waals surface area contributed by atoms with Gasteiger partial charge in [0.1, 0.15) is 0 Å². The van der Waals surface area contributed by atoms with Gasteiger partial charge in [-0.15, -0.1) is 0 Å². The zero-order valence-electron chi connectivity index (χ0n) is 11.9. The molecule has 1 atom stereocenters. The molecule has 18 heavy (non-hydrogen) atoms. The van der Waals surface area contributed by atoms with Gasteiger partial charge < -0.3 is 9.84 Å². The largest absolute Gasteiger partial charge is 0.338 e. The van der Waals surface area contributed by atoms with Crippen LogP contribution in [0.15, 0.2) is 4.52 Å². The second-order valence-corrected chi connectivity index (χ2v) is 5.36. The molecule has 1 unspecified atom stereocenters. The van der Waals surface area contributed by atoms with Crippen molar-refractivity contribution in [3.63, 3.8) is 0 Å². The number of aryl methyl sites for hydroxylation is 1. The van der Waals surface area contributed by atoms with Crippen LogP contribution < -0.4 is 5.32 Å². The van der Waals surface area contributed by atoms with Crippen LogP contribution in [0.2, 0.25) is 0 Å². The van der Waals surface area contributed by atoms with Crippen LogP contribution in [0.5, 0.6) is 0 Å². The Labute approximate surface area is 109 Å². The van der Waals surface area contributed by atoms with Gasteiger partial charge in [-0.1, -0.05) is 19.0 Å². The summed E-state index contributed by atoms with van der Waals surface area (Å²) in [5.74, 6) is 1.44. The lowest BCUT2D eigenvalue weighted by molar-refractivity contribution is 0.0657. The molecule has 5 nitrogen and oxygen atoms in total. The third-order valence-corrected chi connectivity index (χ3v) is 4.16. The van der Waals surface area contributed by atoms with E-state index in [0.717, 1.165) is 38.4 Å². The summed E-state index contributed by atoms with van der Waals surface area (Å²) in [5.41, 5.74) is 0.238. The highest BCUT2D eigenvalue weighted by molar-refractivity contribution is 4.97. The predicted molar refractivity (Wildman–Crippen MR) is 70.2 cm³/mol. The van der Waals surface area contributed by atoms with Crippen LogP contribution in [0, 0.1) is 6.92 Å². The Morgan fingerprint density at radius 2 is 2.17 bits per heavy atom. The summed E-state index contributed by atoms with van der Waals surface area (Å²) in [6.45, 7) is 11.4. The van der Waals surface area contributed by atoms with Gasteiger partial charge in [-0.2, -0.15) is 4.98 Å². The van der Waals surface area contributed by atoms with Crippen molar-refractivity contribution in [2.45, 2.75) is 58.7 Å². The standard InChI is InChI=1S/C13H24N4O/c1-5-13(6-2)9-17(10(3)7-14-13)8-12-15-11(4)16-18-12/h10,14H,5-9H2,1-4H3. The van der Waals surface area contributed by atoms with E-state index < -0.39 is 0 Å². The molecule has 1 saturated heterocycles. The van der Waals surface area contributed by atoms with Crippen molar-refractivity contribution < 1.29 is 4.52 Å². The predicted octanol–water partition coefficient (Wildman–Crippen LogP) is 1.73. The molecule has 1 fully saturated rings. The molecule has 0 spiro atoms. The molecular formula is C13H24N4O. The first-order valence-electron chi connectivity index (χ1n) is 6.87. The van der Waals surface area contributed by atoms with Gasteiger partial charge >= 0.3 is 0 Å². The Morgan fingerprint density at radius 3 is 2.72 bits per heavy atom. The Kier molecular flexibility index (Phi) is 4.02. The van der Waals surface area contributed by atoms with Crippen molar-refractivity contribution in [3.8, 4) is 0 Å². The van der Waals surface area contributed by atoms with Crippen LogP contribution in [-0.2, 0) is 6.54 Å². The maximum absolute atomic E-state index is 5.23.